The van der Waals surface area contributed by atoms with E-state index in [2.05, 4.69) is 20.4 Å². The topological polar surface area (TPSA) is 73.1 Å². The Morgan fingerprint density at radius 3 is 2.52 bits per heavy atom. The van der Waals surface area contributed by atoms with E-state index in [9.17, 15) is 0 Å². The lowest BCUT2D eigenvalue weighted by Gasteiger charge is -2.16. The van der Waals surface area contributed by atoms with Crippen molar-refractivity contribution >= 4 is 17.4 Å². The lowest BCUT2D eigenvalue weighted by molar-refractivity contribution is 0.193. The highest BCUT2D eigenvalue weighted by Crippen LogP contribution is 2.31. The van der Waals surface area contributed by atoms with Crippen molar-refractivity contribution in [1.82, 2.24) is 15.1 Å². The highest BCUT2D eigenvalue weighted by molar-refractivity contribution is 6.30. The Morgan fingerprint density at radius 1 is 1.03 bits per heavy atom. The molecule has 1 N–H and O–H groups in total. The van der Waals surface area contributed by atoms with Crippen LogP contribution in [0, 0.1) is 6.92 Å². The van der Waals surface area contributed by atoms with Crippen LogP contribution in [0.2, 0.25) is 5.02 Å². The number of nitrogens with zero attached hydrogens (tertiary/aromatic N) is 3. The molecule has 7 heteroatoms. The Kier molecular flexibility index (Phi) is 5.44. The molecule has 2 aromatic heterocycles. The zero-order valence-electron chi connectivity index (χ0n) is 16.0. The van der Waals surface area contributed by atoms with Gasteiger partial charge in [0.25, 0.3) is 5.89 Å². The summed E-state index contributed by atoms with van der Waals surface area (Å²) in [6.07, 6.45) is 1.12. The third-order valence-corrected chi connectivity index (χ3v) is 4.65. The Balaban J connectivity index is 1.72. The number of nitrogens with one attached hydrogen (secondary N) is 1. The van der Waals surface area contributed by atoms with Crippen molar-refractivity contribution in [3.8, 4) is 17.1 Å². The van der Waals surface area contributed by atoms with Gasteiger partial charge in [0.1, 0.15) is 11.6 Å². The van der Waals surface area contributed by atoms with Crippen LogP contribution in [0.5, 0.6) is 5.75 Å². The summed E-state index contributed by atoms with van der Waals surface area (Å²) in [6.45, 7) is 2.03. The SMILES string of the molecule is CNc1ncccc1-c1noc(C(Oc2ccc(C)cc2)c2ccc(Cl)cc2)n1. The van der Waals surface area contributed by atoms with E-state index in [1.54, 1.807) is 25.4 Å². The van der Waals surface area contributed by atoms with Crippen LogP contribution in [-0.4, -0.2) is 22.2 Å². The molecule has 1 atom stereocenters. The van der Waals surface area contributed by atoms with E-state index in [0.29, 0.717) is 28.3 Å². The molecular weight excluding hydrogens is 388 g/mol. The fourth-order valence-electron chi connectivity index (χ4n) is 2.89. The summed E-state index contributed by atoms with van der Waals surface area (Å²) in [5.41, 5.74) is 2.75. The molecule has 4 aromatic rings. The number of anilines is 1. The van der Waals surface area contributed by atoms with Crippen LogP contribution in [0.25, 0.3) is 11.4 Å². The van der Waals surface area contributed by atoms with Gasteiger partial charge < -0.3 is 14.6 Å². The van der Waals surface area contributed by atoms with Crippen molar-refractivity contribution in [2.75, 3.05) is 12.4 Å². The predicted octanol–water partition coefficient (Wildman–Crippen LogP) is 5.30. The first-order valence-electron chi connectivity index (χ1n) is 9.09. The lowest BCUT2D eigenvalue weighted by Crippen LogP contribution is -2.10. The first kappa shape index (κ1) is 19.0. The fourth-order valence-corrected chi connectivity index (χ4v) is 3.01. The van der Waals surface area contributed by atoms with E-state index in [-0.39, 0.29) is 0 Å². The molecule has 0 fully saturated rings. The zero-order chi connectivity index (χ0) is 20.2. The number of pyridine rings is 1. The Labute approximate surface area is 173 Å². The van der Waals surface area contributed by atoms with Gasteiger partial charge in [-0.15, -0.1) is 0 Å². The maximum absolute atomic E-state index is 6.22. The van der Waals surface area contributed by atoms with Gasteiger partial charge in [-0.25, -0.2) is 4.98 Å². The monoisotopic (exact) mass is 406 g/mol. The van der Waals surface area contributed by atoms with Gasteiger partial charge in [0, 0.05) is 23.8 Å². The van der Waals surface area contributed by atoms with E-state index < -0.39 is 6.10 Å². The number of rotatable bonds is 6. The number of halogens is 1. The average molecular weight is 407 g/mol. The second kappa shape index (κ2) is 8.32. The number of aryl methyl sites for hydroxylation is 1. The van der Waals surface area contributed by atoms with E-state index in [1.807, 2.05) is 55.5 Å². The Hall–Kier alpha value is -3.38. The van der Waals surface area contributed by atoms with Crippen molar-refractivity contribution in [3.63, 3.8) is 0 Å². The molecule has 146 valence electrons. The summed E-state index contributed by atoms with van der Waals surface area (Å²) < 4.78 is 11.8. The average Bonchev–Trinajstić information content (AvgIpc) is 3.24. The molecule has 0 amide bonds. The molecule has 4 rings (SSSR count). The van der Waals surface area contributed by atoms with Crippen molar-refractivity contribution in [3.05, 3.63) is 88.9 Å². The molecule has 2 heterocycles. The number of aromatic nitrogens is 3. The van der Waals surface area contributed by atoms with Crippen molar-refractivity contribution in [2.24, 2.45) is 0 Å². The van der Waals surface area contributed by atoms with Crippen molar-refractivity contribution in [1.29, 1.82) is 0 Å². The third kappa shape index (κ3) is 4.22. The van der Waals surface area contributed by atoms with Crippen LogP contribution >= 0.6 is 11.6 Å². The second-order valence-electron chi connectivity index (χ2n) is 6.47. The summed E-state index contributed by atoms with van der Waals surface area (Å²) >= 11 is 6.05. The highest BCUT2D eigenvalue weighted by atomic mass is 35.5. The summed E-state index contributed by atoms with van der Waals surface area (Å²) in [4.78, 5) is 8.88. The summed E-state index contributed by atoms with van der Waals surface area (Å²) in [5.74, 6) is 2.15. The molecule has 29 heavy (non-hydrogen) atoms. The van der Waals surface area contributed by atoms with Gasteiger partial charge in [-0.05, 0) is 43.3 Å². The van der Waals surface area contributed by atoms with Gasteiger partial charge >= 0.3 is 0 Å². The molecule has 0 radical (unpaired) electrons. The molecule has 6 nitrogen and oxygen atoms in total. The maximum atomic E-state index is 6.22. The molecule has 0 saturated heterocycles. The summed E-state index contributed by atoms with van der Waals surface area (Å²) in [7, 11) is 1.80. The molecule has 0 aliphatic heterocycles. The second-order valence-corrected chi connectivity index (χ2v) is 6.90. The molecule has 0 spiro atoms. The largest absolute Gasteiger partial charge is 0.476 e. The molecule has 0 bridgehead atoms. The molecule has 0 aliphatic rings. The third-order valence-electron chi connectivity index (χ3n) is 4.40. The molecule has 1 unspecified atom stereocenters. The van der Waals surface area contributed by atoms with E-state index in [1.165, 1.54) is 0 Å². The Morgan fingerprint density at radius 2 is 1.79 bits per heavy atom. The molecule has 0 saturated carbocycles. The van der Waals surface area contributed by atoms with Crippen LogP contribution in [0.15, 0.2) is 71.4 Å². The molecule has 2 aromatic carbocycles. The normalized spacial score (nSPS) is 11.8. The number of benzene rings is 2. The maximum Gasteiger partial charge on any atom is 0.272 e. The first-order valence-corrected chi connectivity index (χ1v) is 9.47. The summed E-state index contributed by atoms with van der Waals surface area (Å²) in [6, 6.07) is 18.9. The van der Waals surface area contributed by atoms with Crippen LogP contribution in [0.4, 0.5) is 5.82 Å². The number of ether oxygens (including phenoxy) is 1. The minimum absolute atomic E-state index is 0.341. The zero-order valence-corrected chi connectivity index (χ0v) is 16.7. The minimum atomic E-state index is -0.578. The quantitative estimate of drug-likeness (QED) is 0.468. The minimum Gasteiger partial charge on any atom is -0.476 e. The van der Waals surface area contributed by atoms with Gasteiger partial charge in [0.05, 0.1) is 5.56 Å². The van der Waals surface area contributed by atoms with Gasteiger partial charge in [0.2, 0.25) is 11.9 Å². The summed E-state index contributed by atoms with van der Waals surface area (Å²) in [5, 5.41) is 7.82. The standard InChI is InChI=1S/C22H19ClN4O2/c1-14-5-11-17(12-6-14)28-19(15-7-9-16(23)10-8-15)22-26-21(27-29-22)18-4-3-13-25-20(18)24-2/h3-13,19H,1-2H3,(H,24,25). The van der Waals surface area contributed by atoms with Gasteiger partial charge in [0.15, 0.2) is 0 Å². The Bertz CT molecular complexity index is 1090. The first-order chi connectivity index (χ1) is 14.1. The van der Waals surface area contributed by atoms with Gasteiger partial charge in [-0.2, -0.15) is 4.98 Å². The fraction of sp³-hybridized carbons (Fsp3) is 0.136. The van der Waals surface area contributed by atoms with Crippen LogP contribution in [-0.2, 0) is 0 Å². The van der Waals surface area contributed by atoms with E-state index >= 15 is 0 Å². The van der Waals surface area contributed by atoms with Crippen LogP contribution < -0.4 is 10.1 Å². The highest BCUT2D eigenvalue weighted by Gasteiger charge is 2.24. The van der Waals surface area contributed by atoms with E-state index in [0.717, 1.165) is 16.7 Å². The predicted molar refractivity (Wildman–Crippen MR) is 112 cm³/mol. The van der Waals surface area contributed by atoms with Crippen LogP contribution in [0.3, 0.4) is 0 Å². The molecular formula is C22H19ClN4O2. The molecule has 0 aliphatic carbocycles. The van der Waals surface area contributed by atoms with Crippen LogP contribution in [0.1, 0.15) is 23.1 Å². The van der Waals surface area contributed by atoms with Crippen molar-refractivity contribution < 1.29 is 9.26 Å². The van der Waals surface area contributed by atoms with Gasteiger partial charge in [-0.1, -0.05) is 46.6 Å². The number of hydrogen-bond acceptors (Lipinski definition) is 6. The smallest absolute Gasteiger partial charge is 0.272 e. The van der Waals surface area contributed by atoms with Crippen molar-refractivity contribution in [2.45, 2.75) is 13.0 Å². The lowest BCUT2D eigenvalue weighted by atomic mass is 10.1. The van der Waals surface area contributed by atoms with E-state index in [4.69, 9.17) is 20.9 Å². The number of hydrogen-bond donors (Lipinski definition) is 1. The van der Waals surface area contributed by atoms with Gasteiger partial charge in [-0.3, -0.25) is 0 Å².